The number of unbranched alkanes of at least 4 members (excludes halogenated alkanes) is 2. The highest BCUT2D eigenvalue weighted by Gasteiger charge is 2.21. The SMILES string of the molecule is CCCCN1CN(CCCC)C(C)=C1C. The minimum absolute atomic E-state index is 1.12. The maximum absolute atomic E-state index is 2.52. The van der Waals surface area contributed by atoms with Crippen molar-refractivity contribution in [3.8, 4) is 0 Å². The Labute approximate surface area is 94.9 Å². The van der Waals surface area contributed by atoms with E-state index < -0.39 is 0 Å². The fraction of sp³-hybridized carbons (Fsp3) is 0.846. The number of nitrogens with zero attached hydrogens (tertiary/aromatic N) is 2. The molecule has 0 aromatic carbocycles. The molecule has 0 atom stereocenters. The fourth-order valence-electron chi connectivity index (χ4n) is 2.05. The van der Waals surface area contributed by atoms with Gasteiger partial charge in [0.1, 0.15) is 0 Å². The van der Waals surface area contributed by atoms with Crippen molar-refractivity contribution in [1.82, 2.24) is 9.80 Å². The third-order valence-corrected chi connectivity index (χ3v) is 3.38. The molecule has 0 aliphatic carbocycles. The molecule has 1 aliphatic heterocycles. The van der Waals surface area contributed by atoms with Crippen molar-refractivity contribution >= 4 is 0 Å². The van der Waals surface area contributed by atoms with Crippen molar-refractivity contribution in [1.29, 1.82) is 0 Å². The summed E-state index contributed by atoms with van der Waals surface area (Å²) in [6.07, 6.45) is 5.20. The Morgan fingerprint density at radius 1 is 0.867 bits per heavy atom. The molecule has 0 aromatic heterocycles. The Kier molecular flexibility index (Phi) is 5.00. The van der Waals surface area contributed by atoms with Crippen LogP contribution in [0.25, 0.3) is 0 Å². The van der Waals surface area contributed by atoms with E-state index in [1.807, 2.05) is 0 Å². The second kappa shape index (κ2) is 6.04. The van der Waals surface area contributed by atoms with Gasteiger partial charge in [0, 0.05) is 24.5 Å². The first kappa shape index (κ1) is 12.4. The molecule has 0 spiro atoms. The van der Waals surface area contributed by atoms with E-state index in [4.69, 9.17) is 0 Å². The van der Waals surface area contributed by atoms with Gasteiger partial charge in [-0.2, -0.15) is 0 Å². The van der Waals surface area contributed by atoms with Crippen LogP contribution < -0.4 is 0 Å². The highest BCUT2D eigenvalue weighted by atomic mass is 15.4. The maximum atomic E-state index is 2.52. The van der Waals surface area contributed by atoms with Crippen LogP contribution in [0.3, 0.4) is 0 Å². The molecule has 0 radical (unpaired) electrons. The zero-order valence-corrected chi connectivity index (χ0v) is 10.8. The molecule has 0 saturated carbocycles. The zero-order chi connectivity index (χ0) is 11.3. The molecule has 2 nitrogen and oxygen atoms in total. The lowest BCUT2D eigenvalue weighted by Gasteiger charge is -2.23. The third-order valence-electron chi connectivity index (χ3n) is 3.38. The van der Waals surface area contributed by atoms with Gasteiger partial charge >= 0.3 is 0 Å². The largest absolute Gasteiger partial charge is 0.356 e. The average molecular weight is 210 g/mol. The second-order valence-corrected chi connectivity index (χ2v) is 4.55. The quantitative estimate of drug-likeness (QED) is 0.663. The minimum Gasteiger partial charge on any atom is -0.356 e. The summed E-state index contributed by atoms with van der Waals surface area (Å²) in [5.74, 6) is 0. The van der Waals surface area contributed by atoms with E-state index >= 15 is 0 Å². The van der Waals surface area contributed by atoms with E-state index in [9.17, 15) is 0 Å². The van der Waals surface area contributed by atoms with Gasteiger partial charge in [-0.05, 0) is 26.7 Å². The molecule has 1 heterocycles. The predicted molar refractivity (Wildman–Crippen MR) is 66.5 cm³/mol. The van der Waals surface area contributed by atoms with E-state index in [-0.39, 0.29) is 0 Å². The van der Waals surface area contributed by atoms with Crippen molar-refractivity contribution in [2.75, 3.05) is 19.8 Å². The van der Waals surface area contributed by atoms with Gasteiger partial charge in [-0.15, -0.1) is 0 Å². The van der Waals surface area contributed by atoms with E-state index in [1.165, 1.54) is 50.2 Å². The van der Waals surface area contributed by atoms with Gasteiger partial charge in [0.25, 0.3) is 0 Å². The monoisotopic (exact) mass is 210 g/mol. The van der Waals surface area contributed by atoms with Gasteiger partial charge in [0.05, 0.1) is 6.67 Å². The van der Waals surface area contributed by atoms with E-state index in [2.05, 4.69) is 37.5 Å². The van der Waals surface area contributed by atoms with Crippen LogP contribution in [0.4, 0.5) is 0 Å². The lowest BCUT2D eigenvalue weighted by Crippen LogP contribution is -2.28. The summed E-state index contributed by atoms with van der Waals surface area (Å²) in [5.41, 5.74) is 2.97. The summed E-state index contributed by atoms with van der Waals surface area (Å²) in [7, 11) is 0. The summed E-state index contributed by atoms with van der Waals surface area (Å²) >= 11 is 0. The van der Waals surface area contributed by atoms with E-state index in [1.54, 1.807) is 0 Å². The highest BCUT2D eigenvalue weighted by molar-refractivity contribution is 5.13. The van der Waals surface area contributed by atoms with Gasteiger partial charge < -0.3 is 9.80 Å². The molecule has 15 heavy (non-hydrogen) atoms. The molecule has 0 fully saturated rings. The molecule has 0 saturated heterocycles. The van der Waals surface area contributed by atoms with Crippen molar-refractivity contribution in [2.24, 2.45) is 0 Å². The van der Waals surface area contributed by atoms with Crippen LogP contribution in [-0.2, 0) is 0 Å². The van der Waals surface area contributed by atoms with Crippen LogP contribution in [0.1, 0.15) is 53.4 Å². The predicted octanol–water partition coefficient (Wildman–Crippen LogP) is 3.41. The molecule has 2 heteroatoms. The molecule has 1 rings (SSSR count). The normalized spacial score (nSPS) is 16.8. The van der Waals surface area contributed by atoms with E-state index in [0.717, 1.165) is 6.67 Å². The first-order chi connectivity index (χ1) is 7.20. The van der Waals surface area contributed by atoms with Gasteiger partial charge in [-0.25, -0.2) is 0 Å². The molecule has 0 bridgehead atoms. The second-order valence-electron chi connectivity index (χ2n) is 4.55. The third kappa shape index (κ3) is 3.15. The first-order valence-electron chi connectivity index (χ1n) is 6.38. The molecule has 0 N–H and O–H groups in total. The minimum atomic E-state index is 1.12. The molecule has 0 unspecified atom stereocenters. The Balaban J connectivity index is 2.46. The lowest BCUT2D eigenvalue weighted by atomic mass is 10.3. The van der Waals surface area contributed by atoms with Gasteiger partial charge in [-0.1, -0.05) is 26.7 Å². The van der Waals surface area contributed by atoms with Crippen LogP contribution in [0.15, 0.2) is 11.4 Å². The lowest BCUT2D eigenvalue weighted by molar-refractivity contribution is 0.242. The zero-order valence-electron chi connectivity index (χ0n) is 10.8. The summed E-state index contributed by atoms with van der Waals surface area (Å²) in [6.45, 7) is 12.6. The summed E-state index contributed by atoms with van der Waals surface area (Å²) in [6, 6.07) is 0. The average Bonchev–Trinajstić information content (AvgIpc) is 2.51. The van der Waals surface area contributed by atoms with E-state index in [0.29, 0.717) is 0 Å². The van der Waals surface area contributed by atoms with Crippen molar-refractivity contribution in [3.05, 3.63) is 11.4 Å². The van der Waals surface area contributed by atoms with Crippen LogP contribution >= 0.6 is 0 Å². The first-order valence-corrected chi connectivity index (χ1v) is 6.38. The standard InChI is InChI=1S/C13H26N2/c1-5-7-9-14-11-15(10-8-6-2)13(4)12(14)3/h5-11H2,1-4H3. The number of hydrogen-bond donors (Lipinski definition) is 0. The van der Waals surface area contributed by atoms with Crippen LogP contribution in [0, 0.1) is 0 Å². The molecule has 88 valence electrons. The Bertz CT molecular complexity index is 199. The van der Waals surface area contributed by atoms with Crippen LogP contribution in [-0.4, -0.2) is 29.6 Å². The highest BCUT2D eigenvalue weighted by Crippen LogP contribution is 2.23. The number of rotatable bonds is 6. The van der Waals surface area contributed by atoms with Gasteiger partial charge in [0.2, 0.25) is 0 Å². The Hall–Kier alpha value is -0.660. The van der Waals surface area contributed by atoms with Gasteiger partial charge in [-0.3, -0.25) is 0 Å². The Morgan fingerprint density at radius 2 is 1.27 bits per heavy atom. The summed E-state index contributed by atoms with van der Waals surface area (Å²) < 4.78 is 0. The van der Waals surface area contributed by atoms with Crippen LogP contribution in [0.2, 0.25) is 0 Å². The van der Waals surface area contributed by atoms with Crippen molar-refractivity contribution in [3.63, 3.8) is 0 Å². The molecule has 0 aromatic rings. The topological polar surface area (TPSA) is 6.48 Å². The van der Waals surface area contributed by atoms with Gasteiger partial charge in [0.15, 0.2) is 0 Å². The maximum Gasteiger partial charge on any atom is 0.0898 e. The van der Waals surface area contributed by atoms with Crippen molar-refractivity contribution < 1.29 is 0 Å². The molecule has 0 amide bonds. The molecular formula is C13H26N2. The Morgan fingerprint density at radius 3 is 1.60 bits per heavy atom. The summed E-state index contributed by atoms with van der Waals surface area (Å²) in [5, 5.41) is 0. The number of allylic oxidation sites excluding steroid dienone is 2. The fourth-order valence-corrected chi connectivity index (χ4v) is 2.05. The van der Waals surface area contributed by atoms with Crippen LogP contribution in [0.5, 0.6) is 0 Å². The number of hydrogen-bond acceptors (Lipinski definition) is 2. The summed E-state index contributed by atoms with van der Waals surface area (Å²) in [4.78, 5) is 5.04. The molecular weight excluding hydrogens is 184 g/mol. The molecule has 1 aliphatic rings. The smallest absolute Gasteiger partial charge is 0.0898 e. The van der Waals surface area contributed by atoms with Crippen molar-refractivity contribution in [2.45, 2.75) is 53.4 Å².